The molecule has 0 aliphatic heterocycles. The Hall–Kier alpha value is -1.24. The van der Waals surface area contributed by atoms with Crippen LogP contribution >= 0.6 is 22.7 Å². The second-order valence-electron chi connectivity index (χ2n) is 5.02. The highest BCUT2D eigenvalue weighted by molar-refractivity contribution is 7.17. The van der Waals surface area contributed by atoms with Gasteiger partial charge in [-0.15, -0.1) is 11.3 Å². The van der Waals surface area contributed by atoms with Gasteiger partial charge in [-0.25, -0.2) is 4.98 Å². The summed E-state index contributed by atoms with van der Waals surface area (Å²) in [7, 11) is 0. The fourth-order valence-corrected chi connectivity index (χ4v) is 3.91. The van der Waals surface area contributed by atoms with Crippen LogP contribution in [0.3, 0.4) is 0 Å². The molecular weight excluding hydrogens is 292 g/mol. The fraction of sp³-hybridized carbons (Fsp3) is 0.429. The standard InChI is InChI=1S/C14H16N2O2S2/c17-11-3-1-10(2-4-11)16-13(18)12-7-15-14(20-12)9-5-6-19-8-9/h5-8,10-11,17H,1-4H2,(H,16,18). The normalized spacial score (nSPS) is 22.6. The van der Waals surface area contributed by atoms with Crippen molar-refractivity contribution in [1.82, 2.24) is 10.3 Å². The van der Waals surface area contributed by atoms with Crippen molar-refractivity contribution in [2.24, 2.45) is 0 Å². The van der Waals surface area contributed by atoms with Crippen LogP contribution in [-0.4, -0.2) is 28.1 Å². The monoisotopic (exact) mass is 308 g/mol. The van der Waals surface area contributed by atoms with Crippen LogP contribution in [-0.2, 0) is 0 Å². The number of thiazole rings is 1. The van der Waals surface area contributed by atoms with Crippen LogP contribution in [0, 0.1) is 0 Å². The molecule has 0 spiro atoms. The van der Waals surface area contributed by atoms with E-state index in [-0.39, 0.29) is 18.1 Å². The van der Waals surface area contributed by atoms with Gasteiger partial charge in [-0.2, -0.15) is 11.3 Å². The Labute approximate surface area is 125 Å². The number of thiophene rings is 1. The third kappa shape index (κ3) is 3.08. The molecule has 106 valence electrons. The predicted octanol–water partition coefficient (Wildman–Crippen LogP) is 2.90. The van der Waals surface area contributed by atoms with Crippen molar-refractivity contribution in [3.05, 3.63) is 27.9 Å². The summed E-state index contributed by atoms with van der Waals surface area (Å²) in [6, 6.07) is 2.19. The Bertz CT molecular complexity index is 572. The molecule has 2 N–H and O–H groups in total. The summed E-state index contributed by atoms with van der Waals surface area (Å²) in [6.45, 7) is 0. The molecule has 1 amide bonds. The van der Waals surface area contributed by atoms with E-state index in [1.54, 1.807) is 17.5 Å². The molecule has 2 heterocycles. The van der Waals surface area contributed by atoms with Gasteiger partial charge in [0.15, 0.2) is 0 Å². The Morgan fingerprint density at radius 3 is 2.85 bits per heavy atom. The highest BCUT2D eigenvalue weighted by Crippen LogP contribution is 2.27. The second-order valence-corrected chi connectivity index (χ2v) is 6.83. The molecule has 0 saturated heterocycles. The molecule has 20 heavy (non-hydrogen) atoms. The summed E-state index contributed by atoms with van der Waals surface area (Å²) in [6.07, 6.45) is 4.69. The summed E-state index contributed by atoms with van der Waals surface area (Å²) < 4.78 is 0. The van der Waals surface area contributed by atoms with Crippen LogP contribution in [0.1, 0.15) is 35.4 Å². The molecule has 1 saturated carbocycles. The summed E-state index contributed by atoms with van der Waals surface area (Å²) >= 11 is 3.05. The van der Waals surface area contributed by atoms with Gasteiger partial charge >= 0.3 is 0 Å². The lowest BCUT2D eigenvalue weighted by Gasteiger charge is -2.25. The van der Waals surface area contributed by atoms with Crippen molar-refractivity contribution in [2.75, 3.05) is 0 Å². The maximum atomic E-state index is 12.2. The minimum atomic E-state index is -0.197. The van der Waals surface area contributed by atoms with E-state index in [0.29, 0.717) is 4.88 Å². The van der Waals surface area contributed by atoms with Crippen molar-refractivity contribution >= 4 is 28.6 Å². The molecule has 6 heteroatoms. The summed E-state index contributed by atoms with van der Waals surface area (Å²) in [5.74, 6) is -0.0506. The van der Waals surface area contributed by atoms with Crippen molar-refractivity contribution in [2.45, 2.75) is 37.8 Å². The molecule has 1 aliphatic rings. The second kappa shape index (κ2) is 6.03. The number of hydrogen-bond acceptors (Lipinski definition) is 5. The summed E-state index contributed by atoms with van der Waals surface area (Å²) in [5, 5.41) is 17.4. The van der Waals surface area contributed by atoms with Gasteiger partial charge < -0.3 is 10.4 Å². The van der Waals surface area contributed by atoms with Crippen LogP contribution in [0.25, 0.3) is 10.6 Å². The molecule has 2 aromatic heterocycles. The Morgan fingerprint density at radius 1 is 1.35 bits per heavy atom. The first-order chi connectivity index (χ1) is 9.72. The first-order valence-corrected chi connectivity index (χ1v) is 8.45. The zero-order valence-electron chi connectivity index (χ0n) is 10.9. The number of aliphatic hydroxyl groups excluding tert-OH is 1. The number of rotatable bonds is 3. The molecule has 0 radical (unpaired) electrons. The first-order valence-electron chi connectivity index (χ1n) is 6.69. The largest absolute Gasteiger partial charge is 0.393 e. The van der Waals surface area contributed by atoms with Crippen LogP contribution in [0.4, 0.5) is 0 Å². The lowest BCUT2D eigenvalue weighted by atomic mass is 9.93. The third-order valence-corrected chi connectivity index (χ3v) is 5.26. The number of carbonyl (C=O) groups excluding carboxylic acids is 1. The van der Waals surface area contributed by atoms with E-state index in [1.165, 1.54) is 11.3 Å². The zero-order chi connectivity index (χ0) is 13.9. The molecule has 0 aromatic carbocycles. The van der Waals surface area contributed by atoms with Gasteiger partial charge in [-0.1, -0.05) is 0 Å². The van der Waals surface area contributed by atoms with Gasteiger partial charge in [0.05, 0.1) is 12.3 Å². The predicted molar refractivity (Wildman–Crippen MR) is 81.2 cm³/mol. The van der Waals surface area contributed by atoms with Gasteiger partial charge in [0.25, 0.3) is 5.91 Å². The molecule has 4 nitrogen and oxygen atoms in total. The quantitative estimate of drug-likeness (QED) is 0.916. The zero-order valence-corrected chi connectivity index (χ0v) is 12.5. The molecule has 0 bridgehead atoms. The molecule has 1 aliphatic carbocycles. The number of aliphatic hydroxyl groups is 1. The molecule has 2 aromatic rings. The maximum absolute atomic E-state index is 12.2. The fourth-order valence-electron chi connectivity index (χ4n) is 2.38. The van der Waals surface area contributed by atoms with E-state index in [4.69, 9.17) is 0 Å². The summed E-state index contributed by atoms with van der Waals surface area (Å²) in [5.41, 5.74) is 1.07. The van der Waals surface area contributed by atoms with E-state index >= 15 is 0 Å². The number of nitrogens with one attached hydrogen (secondary N) is 1. The van der Waals surface area contributed by atoms with Crippen molar-refractivity contribution in [1.29, 1.82) is 0 Å². The first kappa shape index (κ1) is 13.7. The van der Waals surface area contributed by atoms with Gasteiger partial charge in [-0.3, -0.25) is 4.79 Å². The minimum Gasteiger partial charge on any atom is -0.393 e. The molecule has 1 fully saturated rings. The topological polar surface area (TPSA) is 62.2 Å². The Balaban J connectivity index is 1.63. The van der Waals surface area contributed by atoms with Crippen LogP contribution in [0.15, 0.2) is 23.0 Å². The lowest BCUT2D eigenvalue weighted by Crippen LogP contribution is -2.38. The van der Waals surface area contributed by atoms with E-state index in [2.05, 4.69) is 10.3 Å². The maximum Gasteiger partial charge on any atom is 0.263 e. The van der Waals surface area contributed by atoms with E-state index < -0.39 is 0 Å². The molecule has 0 atom stereocenters. The van der Waals surface area contributed by atoms with Gasteiger partial charge in [0, 0.05) is 17.0 Å². The molecule has 3 rings (SSSR count). The van der Waals surface area contributed by atoms with Crippen LogP contribution in [0.2, 0.25) is 0 Å². The number of aromatic nitrogens is 1. The number of nitrogens with zero attached hydrogens (tertiary/aromatic N) is 1. The van der Waals surface area contributed by atoms with Crippen molar-refractivity contribution in [3.8, 4) is 10.6 Å². The number of amides is 1. The number of hydrogen-bond donors (Lipinski definition) is 2. The van der Waals surface area contributed by atoms with Crippen LogP contribution < -0.4 is 5.32 Å². The third-order valence-electron chi connectivity index (χ3n) is 3.53. The lowest BCUT2D eigenvalue weighted by molar-refractivity contribution is 0.0871. The van der Waals surface area contributed by atoms with Gasteiger partial charge in [-0.05, 0) is 37.1 Å². The average molecular weight is 308 g/mol. The smallest absolute Gasteiger partial charge is 0.263 e. The highest BCUT2D eigenvalue weighted by Gasteiger charge is 2.22. The molecule has 0 unspecified atom stereocenters. The van der Waals surface area contributed by atoms with Crippen molar-refractivity contribution < 1.29 is 9.90 Å². The van der Waals surface area contributed by atoms with Crippen LogP contribution in [0.5, 0.6) is 0 Å². The molecular formula is C14H16N2O2S2. The Kier molecular flexibility index (Phi) is 4.14. The van der Waals surface area contributed by atoms with Gasteiger partial charge in [0.1, 0.15) is 9.88 Å². The average Bonchev–Trinajstić information content (AvgIpc) is 3.11. The summed E-state index contributed by atoms with van der Waals surface area (Å²) in [4.78, 5) is 17.1. The highest BCUT2D eigenvalue weighted by atomic mass is 32.1. The number of carbonyl (C=O) groups is 1. The SMILES string of the molecule is O=C(NC1CCC(O)CC1)c1cnc(-c2ccsc2)s1. The van der Waals surface area contributed by atoms with Crippen molar-refractivity contribution in [3.63, 3.8) is 0 Å². The van der Waals surface area contributed by atoms with E-state index in [1.807, 2.05) is 16.8 Å². The minimum absolute atomic E-state index is 0.0506. The van der Waals surface area contributed by atoms with Gasteiger partial charge in [0.2, 0.25) is 0 Å². The Morgan fingerprint density at radius 2 is 2.15 bits per heavy atom. The van der Waals surface area contributed by atoms with E-state index in [0.717, 1.165) is 36.3 Å². The van der Waals surface area contributed by atoms with E-state index in [9.17, 15) is 9.90 Å².